The molecule has 2 aliphatic rings. The van der Waals surface area contributed by atoms with Gasteiger partial charge in [-0.05, 0) is 54.7 Å². The lowest BCUT2D eigenvalue weighted by Crippen LogP contribution is -2.18. The Morgan fingerprint density at radius 2 is 1.69 bits per heavy atom. The number of rotatable bonds is 4. The van der Waals surface area contributed by atoms with E-state index in [2.05, 4.69) is 19.2 Å². The summed E-state index contributed by atoms with van der Waals surface area (Å²) in [6, 6.07) is 6.44. The fraction of sp³-hybridized carbons (Fsp3) is 0.409. The molecule has 2 aromatic carbocycles. The maximum absolute atomic E-state index is 13.4. The fourth-order valence-electron chi connectivity index (χ4n) is 5.04. The Morgan fingerprint density at radius 3 is 2.28 bits per heavy atom. The van der Waals surface area contributed by atoms with Crippen molar-refractivity contribution in [2.75, 3.05) is 5.32 Å². The zero-order valence-electron chi connectivity index (χ0n) is 16.0. The van der Waals surface area contributed by atoms with E-state index in [1.807, 2.05) is 0 Å². The van der Waals surface area contributed by atoms with Crippen molar-refractivity contribution in [3.8, 4) is 0 Å². The molecule has 0 aliphatic heterocycles. The number of benzene rings is 2. The minimum Gasteiger partial charge on any atom is -0.322 e. The van der Waals surface area contributed by atoms with E-state index in [0.29, 0.717) is 39.5 Å². The van der Waals surface area contributed by atoms with Gasteiger partial charge in [0.15, 0.2) is 17.5 Å². The Hall–Kier alpha value is -1.66. The van der Waals surface area contributed by atoms with Crippen molar-refractivity contribution in [2.45, 2.75) is 36.8 Å². The van der Waals surface area contributed by atoms with Gasteiger partial charge in [0, 0.05) is 33.5 Å². The maximum Gasteiger partial charge on any atom is 0.255 e. The first-order chi connectivity index (χ1) is 13.7. The van der Waals surface area contributed by atoms with Crippen LogP contribution in [0.25, 0.3) is 0 Å². The lowest BCUT2D eigenvalue weighted by Gasteiger charge is -2.24. The zero-order valence-corrected chi connectivity index (χ0v) is 17.6. The second-order valence-electron chi connectivity index (χ2n) is 8.20. The first kappa shape index (κ1) is 20.6. The number of thioether (sulfide) groups is 1. The number of halogens is 4. The summed E-state index contributed by atoms with van der Waals surface area (Å²) in [6.45, 7) is 4.61. The number of anilines is 1. The summed E-state index contributed by atoms with van der Waals surface area (Å²) in [6.07, 6.45) is 2.46. The molecule has 2 saturated carbocycles. The first-order valence-corrected chi connectivity index (χ1v) is 10.9. The quantitative estimate of drug-likeness (QED) is 0.532. The summed E-state index contributed by atoms with van der Waals surface area (Å²) < 4.78 is 39.9. The summed E-state index contributed by atoms with van der Waals surface area (Å²) in [5.41, 5.74) is 0.181. The molecule has 2 aliphatic carbocycles. The summed E-state index contributed by atoms with van der Waals surface area (Å²) >= 11 is 8.12. The van der Waals surface area contributed by atoms with Gasteiger partial charge in [0.2, 0.25) is 0 Å². The lowest BCUT2D eigenvalue weighted by molar-refractivity contribution is 0.102. The third-order valence-electron chi connectivity index (χ3n) is 6.21. The smallest absolute Gasteiger partial charge is 0.255 e. The van der Waals surface area contributed by atoms with Gasteiger partial charge in [-0.2, -0.15) is 0 Å². The molecule has 0 aromatic heterocycles. The molecule has 0 spiro atoms. The van der Waals surface area contributed by atoms with Crippen LogP contribution in [0.3, 0.4) is 0 Å². The molecule has 4 unspecified atom stereocenters. The van der Waals surface area contributed by atoms with Gasteiger partial charge < -0.3 is 5.32 Å². The van der Waals surface area contributed by atoms with Gasteiger partial charge in [-0.25, -0.2) is 13.2 Å². The molecule has 5 atom stereocenters. The average Bonchev–Trinajstić information content (AvgIpc) is 3.12. The van der Waals surface area contributed by atoms with Crippen LogP contribution in [0.4, 0.5) is 18.9 Å². The van der Waals surface area contributed by atoms with Crippen molar-refractivity contribution in [1.29, 1.82) is 0 Å². The van der Waals surface area contributed by atoms with Crippen LogP contribution in [0.1, 0.15) is 37.0 Å². The summed E-state index contributed by atoms with van der Waals surface area (Å²) in [7, 11) is 0. The molecular weight excluding hydrogens is 419 g/mol. The maximum atomic E-state index is 13.4. The Morgan fingerprint density at radius 1 is 1.07 bits per heavy atom. The highest BCUT2D eigenvalue weighted by Crippen LogP contribution is 2.58. The minimum atomic E-state index is -1.57. The Kier molecular flexibility index (Phi) is 5.60. The highest BCUT2D eigenvalue weighted by atomic mass is 35.5. The summed E-state index contributed by atoms with van der Waals surface area (Å²) in [5, 5.41) is 3.48. The third kappa shape index (κ3) is 3.89. The molecule has 29 heavy (non-hydrogen) atoms. The molecule has 2 fully saturated rings. The molecule has 0 heterocycles. The van der Waals surface area contributed by atoms with Crippen molar-refractivity contribution >= 4 is 35.0 Å². The van der Waals surface area contributed by atoms with Crippen LogP contribution in [0.5, 0.6) is 0 Å². The number of amides is 1. The van der Waals surface area contributed by atoms with Crippen LogP contribution < -0.4 is 5.32 Å². The van der Waals surface area contributed by atoms with Crippen molar-refractivity contribution in [3.63, 3.8) is 0 Å². The predicted octanol–water partition coefficient (Wildman–Crippen LogP) is 6.78. The Balaban J connectivity index is 1.53. The number of carbonyl (C=O) groups excluding carboxylic acids is 1. The molecule has 2 aromatic rings. The monoisotopic (exact) mass is 439 g/mol. The molecule has 4 rings (SSSR count). The van der Waals surface area contributed by atoms with Crippen LogP contribution in [0, 0.1) is 41.1 Å². The van der Waals surface area contributed by atoms with Crippen molar-refractivity contribution < 1.29 is 18.0 Å². The SMILES string of the molecule is CC1CC2C[C@H](C)C1C2Sc1cc(C(=O)Nc2cc(F)c(F)c(F)c2)ccc1Cl. The summed E-state index contributed by atoms with van der Waals surface area (Å²) in [4.78, 5) is 13.4. The predicted molar refractivity (Wildman–Crippen MR) is 110 cm³/mol. The van der Waals surface area contributed by atoms with Crippen LogP contribution in [-0.4, -0.2) is 11.2 Å². The van der Waals surface area contributed by atoms with E-state index in [0.717, 1.165) is 17.0 Å². The fourth-order valence-corrected chi connectivity index (χ4v) is 7.07. The van der Waals surface area contributed by atoms with Gasteiger partial charge in [0.25, 0.3) is 5.91 Å². The molecule has 154 valence electrons. The highest BCUT2D eigenvalue weighted by Gasteiger charge is 2.50. The molecule has 7 heteroatoms. The molecule has 0 radical (unpaired) electrons. The van der Waals surface area contributed by atoms with Crippen LogP contribution in [-0.2, 0) is 0 Å². The topological polar surface area (TPSA) is 29.1 Å². The van der Waals surface area contributed by atoms with Gasteiger partial charge in [-0.3, -0.25) is 4.79 Å². The van der Waals surface area contributed by atoms with E-state index in [-0.39, 0.29) is 5.69 Å². The van der Waals surface area contributed by atoms with Gasteiger partial charge in [-0.15, -0.1) is 11.8 Å². The molecule has 1 N–H and O–H groups in total. The van der Waals surface area contributed by atoms with Crippen molar-refractivity contribution in [1.82, 2.24) is 0 Å². The van der Waals surface area contributed by atoms with Gasteiger partial charge in [0.05, 0.1) is 5.02 Å². The van der Waals surface area contributed by atoms with E-state index < -0.39 is 23.4 Å². The largest absolute Gasteiger partial charge is 0.322 e. The number of carbonyl (C=O) groups is 1. The van der Waals surface area contributed by atoms with E-state index >= 15 is 0 Å². The highest BCUT2D eigenvalue weighted by molar-refractivity contribution is 8.00. The van der Waals surface area contributed by atoms with E-state index in [9.17, 15) is 18.0 Å². The van der Waals surface area contributed by atoms with Gasteiger partial charge >= 0.3 is 0 Å². The van der Waals surface area contributed by atoms with E-state index in [4.69, 9.17) is 11.6 Å². The molecule has 2 bridgehead atoms. The lowest BCUT2D eigenvalue weighted by atomic mass is 9.83. The van der Waals surface area contributed by atoms with Crippen molar-refractivity contribution in [3.05, 3.63) is 58.4 Å². The third-order valence-corrected chi connectivity index (χ3v) is 8.21. The standard InChI is InChI=1S/C22H21ClF3NOS/c1-10-5-13-6-11(2)19(10)21(13)29-18-7-12(3-4-15(18)23)22(28)27-14-8-16(24)20(26)17(25)9-14/h3-4,7-11,13,19,21H,5-6H2,1-2H3,(H,27,28)/t10-,11?,13?,19?,21?/m0/s1. The van der Waals surface area contributed by atoms with Crippen LogP contribution >= 0.6 is 23.4 Å². The molecular formula is C22H21ClF3NOS. The number of nitrogens with one attached hydrogen (secondary N) is 1. The van der Waals surface area contributed by atoms with E-state index in [1.165, 1.54) is 12.8 Å². The minimum absolute atomic E-state index is 0.146. The number of fused-ring (bicyclic) bond motifs is 2. The Labute approximate surface area is 177 Å². The first-order valence-electron chi connectivity index (χ1n) is 9.66. The van der Waals surface area contributed by atoms with Crippen molar-refractivity contribution in [2.24, 2.45) is 23.7 Å². The Bertz CT molecular complexity index is 934. The molecule has 1 amide bonds. The molecule has 0 saturated heterocycles. The van der Waals surface area contributed by atoms with Gasteiger partial charge in [0.1, 0.15) is 0 Å². The second-order valence-corrected chi connectivity index (χ2v) is 9.83. The zero-order chi connectivity index (χ0) is 20.9. The summed E-state index contributed by atoms with van der Waals surface area (Å²) in [5.74, 6) is -2.13. The normalized spacial score (nSPS) is 28.0. The number of hydrogen-bond donors (Lipinski definition) is 1. The second kappa shape index (κ2) is 7.88. The average molecular weight is 440 g/mol. The van der Waals surface area contributed by atoms with E-state index in [1.54, 1.807) is 30.0 Å². The van der Waals surface area contributed by atoms with Crippen LogP contribution in [0.2, 0.25) is 5.02 Å². The van der Waals surface area contributed by atoms with Gasteiger partial charge in [-0.1, -0.05) is 25.4 Å². The number of hydrogen-bond acceptors (Lipinski definition) is 2. The molecule has 2 nitrogen and oxygen atoms in total. The van der Waals surface area contributed by atoms with Crippen LogP contribution in [0.15, 0.2) is 35.2 Å².